The van der Waals surface area contributed by atoms with Gasteiger partial charge in [-0.2, -0.15) is 0 Å². The zero-order valence-electron chi connectivity index (χ0n) is 23.0. The van der Waals surface area contributed by atoms with Crippen LogP contribution in [-0.2, 0) is 26.2 Å². The summed E-state index contributed by atoms with van der Waals surface area (Å²) in [4.78, 5) is 28.5. The van der Waals surface area contributed by atoms with Crippen LogP contribution >= 0.6 is 11.6 Å². The second-order valence-electron chi connectivity index (χ2n) is 10.1. The lowest BCUT2D eigenvalue weighted by Gasteiger charge is -2.32. The van der Waals surface area contributed by atoms with Crippen LogP contribution in [0, 0.1) is 19.8 Å². The van der Waals surface area contributed by atoms with E-state index >= 15 is 0 Å². The van der Waals surface area contributed by atoms with Crippen LogP contribution in [0.1, 0.15) is 37.5 Å². The molecule has 0 bridgehead atoms. The first-order valence-electron chi connectivity index (χ1n) is 12.9. The van der Waals surface area contributed by atoms with Gasteiger partial charge >= 0.3 is 0 Å². The van der Waals surface area contributed by atoms with Crippen molar-refractivity contribution < 1.29 is 18.0 Å². The van der Waals surface area contributed by atoms with Crippen molar-refractivity contribution in [2.24, 2.45) is 5.92 Å². The third kappa shape index (κ3) is 7.83. The van der Waals surface area contributed by atoms with Crippen LogP contribution in [-0.4, -0.2) is 44.3 Å². The van der Waals surface area contributed by atoms with Gasteiger partial charge in [0.05, 0.1) is 10.6 Å². The SMILES string of the molecule is Cc1ccc(N(CC(=O)N(Cc2ccc(Cl)cc2)[C@@H](C)C(=O)NCC(C)C)S(=O)(=O)c2ccccc2)c(C)c1. The minimum absolute atomic E-state index is 0.0738. The van der Waals surface area contributed by atoms with Gasteiger partial charge in [-0.3, -0.25) is 13.9 Å². The van der Waals surface area contributed by atoms with E-state index in [0.717, 1.165) is 15.4 Å². The average molecular weight is 570 g/mol. The van der Waals surface area contributed by atoms with Gasteiger partial charge in [-0.25, -0.2) is 8.42 Å². The summed E-state index contributed by atoms with van der Waals surface area (Å²) in [5, 5.41) is 3.43. The molecule has 39 heavy (non-hydrogen) atoms. The largest absolute Gasteiger partial charge is 0.354 e. The molecule has 0 radical (unpaired) electrons. The molecule has 2 amide bonds. The van der Waals surface area contributed by atoms with E-state index in [0.29, 0.717) is 22.8 Å². The molecule has 0 spiro atoms. The molecule has 7 nitrogen and oxygen atoms in total. The lowest BCUT2D eigenvalue weighted by Crippen LogP contribution is -2.51. The molecule has 0 saturated heterocycles. The number of benzene rings is 3. The van der Waals surface area contributed by atoms with E-state index in [2.05, 4.69) is 5.32 Å². The third-order valence-electron chi connectivity index (χ3n) is 6.35. The van der Waals surface area contributed by atoms with Crippen molar-refractivity contribution in [3.63, 3.8) is 0 Å². The summed E-state index contributed by atoms with van der Waals surface area (Å²) < 4.78 is 28.9. The first-order valence-corrected chi connectivity index (χ1v) is 14.7. The minimum atomic E-state index is -4.10. The van der Waals surface area contributed by atoms with E-state index in [1.165, 1.54) is 17.0 Å². The molecule has 0 aromatic heterocycles. The Kier molecular flexibility index (Phi) is 10.2. The third-order valence-corrected chi connectivity index (χ3v) is 8.38. The second-order valence-corrected chi connectivity index (χ2v) is 12.4. The number of nitrogens with zero attached hydrogens (tertiary/aromatic N) is 2. The Morgan fingerprint density at radius 2 is 1.56 bits per heavy atom. The minimum Gasteiger partial charge on any atom is -0.354 e. The maximum Gasteiger partial charge on any atom is 0.264 e. The van der Waals surface area contributed by atoms with Crippen molar-refractivity contribution in [2.45, 2.75) is 52.1 Å². The zero-order chi connectivity index (χ0) is 28.7. The fourth-order valence-corrected chi connectivity index (χ4v) is 5.77. The summed E-state index contributed by atoms with van der Waals surface area (Å²) in [5.41, 5.74) is 2.86. The van der Waals surface area contributed by atoms with Crippen molar-refractivity contribution in [3.05, 3.63) is 94.5 Å². The molecule has 0 heterocycles. The fraction of sp³-hybridized carbons (Fsp3) is 0.333. The van der Waals surface area contributed by atoms with Gasteiger partial charge in [-0.15, -0.1) is 0 Å². The molecule has 0 unspecified atom stereocenters. The molecule has 9 heteroatoms. The normalized spacial score (nSPS) is 12.2. The summed E-state index contributed by atoms with van der Waals surface area (Å²) in [6.45, 7) is 9.45. The van der Waals surface area contributed by atoms with Gasteiger partial charge in [0.2, 0.25) is 11.8 Å². The van der Waals surface area contributed by atoms with Crippen molar-refractivity contribution in [2.75, 3.05) is 17.4 Å². The molecule has 0 fully saturated rings. The highest BCUT2D eigenvalue weighted by Gasteiger charge is 2.33. The first-order chi connectivity index (χ1) is 18.4. The number of anilines is 1. The highest BCUT2D eigenvalue weighted by molar-refractivity contribution is 7.92. The molecule has 0 aliphatic rings. The maximum absolute atomic E-state index is 14.0. The van der Waals surface area contributed by atoms with Gasteiger partial charge in [0.15, 0.2) is 0 Å². The lowest BCUT2D eigenvalue weighted by molar-refractivity contribution is -0.139. The van der Waals surface area contributed by atoms with E-state index in [4.69, 9.17) is 11.6 Å². The van der Waals surface area contributed by atoms with Crippen LogP contribution < -0.4 is 9.62 Å². The Bertz CT molecular complexity index is 1390. The van der Waals surface area contributed by atoms with Gasteiger partial charge < -0.3 is 10.2 Å². The molecule has 0 saturated carbocycles. The molecular formula is C30H36ClN3O4S. The van der Waals surface area contributed by atoms with Crippen LogP contribution in [0.15, 0.2) is 77.7 Å². The standard InChI is InChI=1S/C30H36ClN3O4S/c1-21(2)18-32-30(36)24(5)33(19-25-12-14-26(31)15-13-25)29(35)20-34(28-16-11-22(3)17-23(28)4)39(37,38)27-9-7-6-8-10-27/h6-17,21,24H,18-20H2,1-5H3,(H,32,36)/t24-/m0/s1. The monoisotopic (exact) mass is 569 g/mol. The number of rotatable bonds is 11. The van der Waals surface area contributed by atoms with Crippen LogP contribution in [0.3, 0.4) is 0 Å². The summed E-state index contributed by atoms with van der Waals surface area (Å²) in [5.74, 6) is -0.579. The Hall–Kier alpha value is -3.36. The summed E-state index contributed by atoms with van der Waals surface area (Å²) in [6.07, 6.45) is 0. The van der Waals surface area contributed by atoms with Crippen LogP contribution in [0.2, 0.25) is 5.02 Å². The number of sulfonamides is 1. The molecular weight excluding hydrogens is 534 g/mol. The molecule has 3 aromatic rings. The number of carbonyl (C=O) groups excluding carboxylic acids is 2. The molecule has 3 rings (SSSR count). The Morgan fingerprint density at radius 3 is 2.15 bits per heavy atom. The van der Waals surface area contributed by atoms with Gasteiger partial charge in [-0.05, 0) is 68.1 Å². The Labute approximate surface area is 236 Å². The Morgan fingerprint density at radius 1 is 0.923 bits per heavy atom. The number of hydrogen-bond donors (Lipinski definition) is 1. The number of nitrogens with one attached hydrogen (secondary N) is 1. The molecule has 208 valence electrons. The Balaban J connectivity index is 2.03. The lowest BCUT2D eigenvalue weighted by atomic mass is 10.1. The highest BCUT2D eigenvalue weighted by Crippen LogP contribution is 2.28. The van der Waals surface area contributed by atoms with E-state index in [1.54, 1.807) is 55.5 Å². The summed E-state index contributed by atoms with van der Waals surface area (Å²) in [6, 6.07) is 19.6. The predicted octanol–water partition coefficient (Wildman–Crippen LogP) is 5.34. The average Bonchev–Trinajstić information content (AvgIpc) is 2.90. The number of carbonyl (C=O) groups is 2. The molecule has 1 atom stereocenters. The first kappa shape index (κ1) is 30.2. The van der Waals surface area contributed by atoms with Gasteiger partial charge in [0.1, 0.15) is 12.6 Å². The maximum atomic E-state index is 14.0. The van der Waals surface area contributed by atoms with E-state index < -0.39 is 28.5 Å². The van der Waals surface area contributed by atoms with Crippen molar-refractivity contribution in [1.29, 1.82) is 0 Å². The van der Waals surface area contributed by atoms with E-state index in [1.807, 2.05) is 39.8 Å². The molecule has 0 aliphatic heterocycles. The zero-order valence-corrected chi connectivity index (χ0v) is 24.6. The smallest absolute Gasteiger partial charge is 0.264 e. The van der Waals surface area contributed by atoms with Gasteiger partial charge in [0.25, 0.3) is 10.0 Å². The highest BCUT2D eigenvalue weighted by atomic mass is 35.5. The van der Waals surface area contributed by atoms with E-state index in [-0.39, 0.29) is 23.3 Å². The summed E-state index contributed by atoms with van der Waals surface area (Å²) >= 11 is 6.05. The van der Waals surface area contributed by atoms with Crippen LogP contribution in [0.4, 0.5) is 5.69 Å². The van der Waals surface area contributed by atoms with Gasteiger partial charge in [-0.1, -0.05) is 73.5 Å². The molecule has 0 aliphatic carbocycles. The number of aryl methyl sites for hydroxylation is 2. The number of amides is 2. The van der Waals surface area contributed by atoms with Gasteiger partial charge in [0, 0.05) is 18.1 Å². The predicted molar refractivity (Wildman–Crippen MR) is 156 cm³/mol. The van der Waals surface area contributed by atoms with Crippen molar-refractivity contribution >= 4 is 39.1 Å². The van der Waals surface area contributed by atoms with Crippen LogP contribution in [0.5, 0.6) is 0 Å². The van der Waals surface area contributed by atoms with Crippen molar-refractivity contribution in [3.8, 4) is 0 Å². The molecule has 3 aromatic carbocycles. The van der Waals surface area contributed by atoms with E-state index in [9.17, 15) is 18.0 Å². The quantitative estimate of drug-likeness (QED) is 0.338. The topological polar surface area (TPSA) is 86.8 Å². The number of halogens is 1. The second kappa shape index (κ2) is 13.1. The number of hydrogen-bond acceptors (Lipinski definition) is 4. The van der Waals surface area contributed by atoms with Crippen molar-refractivity contribution in [1.82, 2.24) is 10.2 Å². The fourth-order valence-electron chi connectivity index (χ4n) is 4.14. The summed E-state index contributed by atoms with van der Waals surface area (Å²) in [7, 11) is -4.10. The van der Waals surface area contributed by atoms with Crippen LogP contribution in [0.25, 0.3) is 0 Å². The molecule has 1 N–H and O–H groups in total.